The number of hydrogen-bond donors (Lipinski definition) is 0. The predicted molar refractivity (Wildman–Crippen MR) is 107 cm³/mol. The molecule has 1 heterocycles. The van der Waals surface area contributed by atoms with E-state index in [4.69, 9.17) is 4.74 Å². The molecule has 6 heteroatoms. The van der Waals surface area contributed by atoms with Gasteiger partial charge in [0.05, 0.1) is 23.2 Å². The summed E-state index contributed by atoms with van der Waals surface area (Å²) in [5, 5.41) is 0. The number of aryl methyl sites for hydroxylation is 2. The average Bonchev–Trinajstić information content (AvgIpc) is 2.93. The van der Waals surface area contributed by atoms with Crippen LogP contribution in [0.15, 0.2) is 47.5 Å². The molecule has 0 aliphatic heterocycles. The summed E-state index contributed by atoms with van der Waals surface area (Å²) in [4.78, 5) is 29.3. The summed E-state index contributed by atoms with van der Waals surface area (Å²) >= 11 is 1.41. The Hall–Kier alpha value is -2.73. The number of benzene rings is 2. The van der Waals surface area contributed by atoms with Crippen LogP contribution in [0, 0.1) is 13.8 Å². The second-order valence-electron chi connectivity index (χ2n) is 6.41. The molecule has 3 aromatic rings. The highest BCUT2D eigenvalue weighted by Gasteiger charge is 2.12. The van der Waals surface area contributed by atoms with Crippen LogP contribution in [-0.2, 0) is 27.3 Å². The van der Waals surface area contributed by atoms with Crippen molar-refractivity contribution >= 4 is 33.4 Å². The van der Waals surface area contributed by atoms with Crippen molar-refractivity contribution < 1.29 is 14.3 Å². The van der Waals surface area contributed by atoms with Crippen molar-refractivity contribution in [3.63, 3.8) is 0 Å². The normalized spacial score (nSPS) is 11.7. The molecule has 27 heavy (non-hydrogen) atoms. The molecule has 0 radical (unpaired) electrons. The van der Waals surface area contributed by atoms with E-state index in [-0.39, 0.29) is 24.8 Å². The van der Waals surface area contributed by atoms with Gasteiger partial charge in [0.1, 0.15) is 6.54 Å². The Morgan fingerprint density at radius 3 is 2.48 bits per heavy atom. The minimum absolute atomic E-state index is 0.0353. The lowest BCUT2D eigenvalue weighted by Gasteiger charge is -2.05. The predicted octanol–water partition coefficient (Wildman–Crippen LogP) is 3.55. The van der Waals surface area contributed by atoms with E-state index in [1.165, 1.54) is 11.3 Å². The lowest BCUT2D eigenvalue weighted by atomic mass is 10.1. The fourth-order valence-corrected chi connectivity index (χ4v) is 3.93. The number of nitrogens with zero attached hydrogens (tertiary/aromatic N) is 2. The molecule has 0 fully saturated rings. The molecule has 0 bridgehead atoms. The Morgan fingerprint density at radius 1 is 1.07 bits per heavy atom. The number of aromatic nitrogens is 1. The third kappa shape index (κ3) is 4.71. The zero-order chi connectivity index (χ0) is 19.4. The van der Waals surface area contributed by atoms with Gasteiger partial charge in [-0.1, -0.05) is 47.2 Å². The van der Waals surface area contributed by atoms with Crippen molar-refractivity contribution in [2.24, 2.45) is 4.99 Å². The number of amides is 1. The van der Waals surface area contributed by atoms with Gasteiger partial charge in [0.25, 0.3) is 5.91 Å². The fraction of sp³-hybridized carbons (Fsp3) is 0.286. The second kappa shape index (κ2) is 8.31. The maximum Gasteiger partial charge on any atom is 0.326 e. The monoisotopic (exact) mass is 382 g/mol. The SMILES string of the molecule is CCOC(=O)Cn1c(=NC(=O)Cc2ccc(C)cc2)sc2cc(C)ccc21. The molecule has 1 amide bonds. The van der Waals surface area contributed by atoms with E-state index in [0.29, 0.717) is 11.4 Å². The first kappa shape index (κ1) is 19.0. The van der Waals surface area contributed by atoms with Crippen LogP contribution in [0.25, 0.3) is 10.2 Å². The molecule has 0 aliphatic carbocycles. The fourth-order valence-electron chi connectivity index (χ4n) is 2.78. The van der Waals surface area contributed by atoms with Gasteiger partial charge in [-0.2, -0.15) is 4.99 Å². The molecule has 0 aliphatic rings. The van der Waals surface area contributed by atoms with Crippen LogP contribution in [0.3, 0.4) is 0 Å². The summed E-state index contributed by atoms with van der Waals surface area (Å²) in [5.41, 5.74) is 4.06. The molecule has 5 nitrogen and oxygen atoms in total. The van der Waals surface area contributed by atoms with Gasteiger partial charge in [-0.05, 0) is 44.0 Å². The molecule has 2 aromatic carbocycles. The number of thiazole rings is 1. The van der Waals surface area contributed by atoms with Crippen LogP contribution in [0.1, 0.15) is 23.6 Å². The van der Waals surface area contributed by atoms with E-state index in [2.05, 4.69) is 4.99 Å². The van der Waals surface area contributed by atoms with Crippen molar-refractivity contribution in [1.29, 1.82) is 0 Å². The molecule has 0 saturated carbocycles. The van der Waals surface area contributed by atoms with Gasteiger partial charge in [-0.3, -0.25) is 9.59 Å². The van der Waals surface area contributed by atoms with Crippen molar-refractivity contribution in [1.82, 2.24) is 4.57 Å². The van der Waals surface area contributed by atoms with Crippen LogP contribution in [-0.4, -0.2) is 23.1 Å². The number of fused-ring (bicyclic) bond motifs is 1. The third-order valence-corrected chi connectivity index (χ3v) is 5.17. The number of rotatable bonds is 5. The Labute approximate surface area is 161 Å². The van der Waals surface area contributed by atoms with Gasteiger partial charge < -0.3 is 9.30 Å². The summed E-state index contributed by atoms with van der Waals surface area (Å²) in [7, 11) is 0. The molecule has 0 spiro atoms. The van der Waals surface area contributed by atoms with Crippen LogP contribution in [0.5, 0.6) is 0 Å². The van der Waals surface area contributed by atoms with Gasteiger partial charge in [0, 0.05) is 0 Å². The van der Waals surface area contributed by atoms with Crippen LogP contribution in [0.4, 0.5) is 0 Å². The first-order valence-corrected chi connectivity index (χ1v) is 9.66. The molecular formula is C21H22N2O3S. The van der Waals surface area contributed by atoms with Crippen LogP contribution >= 0.6 is 11.3 Å². The Kier molecular flexibility index (Phi) is 5.86. The number of carbonyl (C=O) groups is 2. The largest absolute Gasteiger partial charge is 0.465 e. The molecule has 0 atom stereocenters. The number of hydrogen-bond acceptors (Lipinski definition) is 4. The van der Waals surface area contributed by atoms with Crippen LogP contribution < -0.4 is 4.80 Å². The van der Waals surface area contributed by atoms with Gasteiger partial charge in [-0.25, -0.2) is 0 Å². The standard InChI is InChI=1S/C21H22N2O3S/c1-4-26-20(25)13-23-17-10-7-15(3)11-18(17)27-21(23)22-19(24)12-16-8-5-14(2)6-9-16/h5-11H,4,12-13H2,1-3H3. The molecule has 1 aromatic heterocycles. The Morgan fingerprint density at radius 2 is 1.78 bits per heavy atom. The van der Waals surface area contributed by atoms with Crippen molar-refractivity contribution in [2.45, 2.75) is 33.7 Å². The number of esters is 1. The molecule has 3 rings (SSSR count). The van der Waals surface area contributed by atoms with Gasteiger partial charge in [0.15, 0.2) is 4.80 Å². The highest BCUT2D eigenvalue weighted by Crippen LogP contribution is 2.19. The zero-order valence-corrected chi connectivity index (χ0v) is 16.5. The number of carbonyl (C=O) groups excluding carboxylic acids is 2. The summed E-state index contributed by atoms with van der Waals surface area (Å²) in [5.74, 6) is -0.579. The lowest BCUT2D eigenvalue weighted by molar-refractivity contribution is -0.143. The van der Waals surface area contributed by atoms with E-state index >= 15 is 0 Å². The van der Waals surface area contributed by atoms with E-state index in [0.717, 1.165) is 26.9 Å². The van der Waals surface area contributed by atoms with Crippen LogP contribution in [0.2, 0.25) is 0 Å². The van der Waals surface area contributed by atoms with E-state index in [1.54, 1.807) is 11.5 Å². The third-order valence-electron chi connectivity index (χ3n) is 4.13. The van der Waals surface area contributed by atoms with E-state index < -0.39 is 0 Å². The van der Waals surface area contributed by atoms with Crippen molar-refractivity contribution in [3.05, 3.63) is 64.0 Å². The lowest BCUT2D eigenvalue weighted by Crippen LogP contribution is -2.23. The van der Waals surface area contributed by atoms with Gasteiger partial charge in [0.2, 0.25) is 0 Å². The quantitative estimate of drug-likeness (QED) is 0.634. The van der Waals surface area contributed by atoms with Crippen molar-refractivity contribution in [2.75, 3.05) is 6.61 Å². The average molecular weight is 382 g/mol. The van der Waals surface area contributed by atoms with E-state index in [1.807, 2.05) is 56.3 Å². The number of ether oxygens (including phenoxy) is 1. The minimum atomic E-state index is -0.342. The molecule has 0 saturated heterocycles. The second-order valence-corrected chi connectivity index (χ2v) is 7.42. The summed E-state index contributed by atoms with van der Waals surface area (Å²) in [6.07, 6.45) is 0.229. The minimum Gasteiger partial charge on any atom is -0.465 e. The van der Waals surface area contributed by atoms with E-state index in [9.17, 15) is 9.59 Å². The van der Waals surface area contributed by atoms with Gasteiger partial charge >= 0.3 is 5.97 Å². The summed E-state index contributed by atoms with van der Waals surface area (Å²) in [6.45, 7) is 6.14. The molecule has 0 N–H and O–H groups in total. The first-order valence-electron chi connectivity index (χ1n) is 8.85. The smallest absolute Gasteiger partial charge is 0.326 e. The molecule has 140 valence electrons. The topological polar surface area (TPSA) is 60.7 Å². The maximum atomic E-state index is 12.5. The maximum absolute atomic E-state index is 12.5. The van der Waals surface area contributed by atoms with Crippen molar-refractivity contribution in [3.8, 4) is 0 Å². The Bertz CT molecular complexity index is 1050. The summed E-state index contributed by atoms with van der Waals surface area (Å²) in [6, 6.07) is 13.8. The Balaban J connectivity index is 1.97. The first-order chi connectivity index (χ1) is 13.0. The zero-order valence-electron chi connectivity index (χ0n) is 15.7. The highest BCUT2D eigenvalue weighted by atomic mass is 32.1. The summed E-state index contributed by atoms with van der Waals surface area (Å²) < 4.78 is 7.81. The molecule has 0 unspecified atom stereocenters. The van der Waals surface area contributed by atoms with Gasteiger partial charge in [-0.15, -0.1) is 0 Å². The highest BCUT2D eigenvalue weighted by molar-refractivity contribution is 7.16. The molecular weight excluding hydrogens is 360 g/mol.